The van der Waals surface area contributed by atoms with Gasteiger partial charge in [-0.15, -0.1) is 10.2 Å². The van der Waals surface area contributed by atoms with Gasteiger partial charge in [0.25, 0.3) is 0 Å². The minimum Gasteiger partial charge on any atom is -0.350 e. The van der Waals surface area contributed by atoms with E-state index in [1.54, 1.807) is 24.4 Å². The molecule has 156 valence electrons. The van der Waals surface area contributed by atoms with Crippen molar-refractivity contribution in [1.82, 2.24) is 25.1 Å². The Balaban J connectivity index is 1.51. The molecule has 4 rings (SSSR count). The summed E-state index contributed by atoms with van der Waals surface area (Å²) in [5, 5.41) is 11.9. The molecule has 0 saturated carbocycles. The normalized spacial score (nSPS) is 10.7. The molecule has 2 heterocycles. The lowest BCUT2D eigenvalue weighted by Gasteiger charge is -2.11. The van der Waals surface area contributed by atoms with Crippen molar-refractivity contribution in [3.63, 3.8) is 0 Å². The van der Waals surface area contributed by atoms with Crippen molar-refractivity contribution in [1.29, 1.82) is 0 Å². The zero-order valence-electron chi connectivity index (χ0n) is 16.6. The van der Waals surface area contributed by atoms with Crippen molar-refractivity contribution in [3.05, 3.63) is 96.1 Å². The number of thioether (sulfide) groups is 1. The van der Waals surface area contributed by atoms with Crippen LogP contribution >= 0.6 is 11.8 Å². The summed E-state index contributed by atoms with van der Waals surface area (Å²) in [6, 6.07) is 21.8. The van der Waals surface area contributed by atoms with E-state index >= 15 is 0 Å². The standard InChI is InChI=1S/C23H20FN5OS/c24-20-12-5-4-11-19(20)22-27-28-23(29(22)15-17-8-2-1-3-9-17)31-16-21(30)26-14-18-10-6-7-13-25-18/h1-13H,14-16H2,(H,26,30). The molecule has 0 bridgehead atoms. The summed E-state index contributed by atoms with van der Waals surface area (Å²) in [4.78, 5) is 16.5. The maximum atomic E-state index is 14.4. The van der Waals surface area contributed by atoms with Gasteiger partial charge in [-0.3, -0.25) is 14.3 Å². The van der Waals surface area contributed by atoms with Gasteiger partial charge in [-0.1, -0.05) is 60.3 Å². The van der Waals surface area contributed by atoms with E-state index in [-0.39, 0.29) is 17.5 Å². The van der Waals surface area contributed by atoms with Crippen LogP contribution in [0, 0.1) is 5.82 Å². The van der Waals surface area contributed by atoms with Crippen molar-refractivity contribution < 1.29 is 9.18 Å². The number of hydrogen-bond acceptors (Lipinski definition) is 5. The predicted molar refractivity (Wildman–Crippen MR) is 118 cm³/mol. The van der Waals surface area contributed by atoms with Crippen LogP contribution in [-0.2, 0) is 17.9 Å². The highest BCUT2D eigenvalue weighted by Crippen LogP contribution is 2.26. The highest BCUT2D eigenvalue weighted by atomic mass is 32.2. The number of benzene rings is 2. The Morgan fingerprint density at radius 3 is 2.52 bits per heavy atom. The SMILES string of the molecule is O=C(CSc1nnc(-c2ccccc2F)n1Cc1ccccc1)NCc1ccccn1. The Morgan fingerprint density at radius 2 is 1.74 bits per heavy atom. The molecule has 2 aromatic carbocycles. The highest BCUT2D eigenvalue weighted by Gasteiger charge is 2.18. The number of rotatable bonds is 8. The maximum absolute atomic E-state index is 14.4. The van der Waals surface area contributed by atoms with Gasteiger partial charge >= 0.3 is 0 Å². The summed E-state index contributed by atoms with van der Waals surface area (Å²) in [7, 11) is 0. The maximum Gasteiger partial charge on any atom is 0.230 e. The van der Waals surface area contributed by atoms with Gasteiger partial charge in [0.15, 0.2) is 11.0 Å². The molecule has 0 unspecified atom stereocenters. The molecule has 8 heteroatoms. The first-order valence-corrected chi connectivity index (χ1v) is 10.7. The third-order valence-electron chi connectivity index (χ3n) is 4.54. The van der Waals surface area contributed by atoms with Crippen LogP contribution in [0.5, 0.6) is 0 Å². The largest absolute Gasteiger partial charge is 0.350 e. The summed E-state index contributed by atoms with van der Waals surface area (Å²) in [5.41, 5.74) is 2.19. The van der Waals surface area contributed by atoms with Crippen LogP contribution in [0.3, 0.4) is 0 Å². The third kappa shape index (κ3) is 5.35. The van der Waals surface area contributed by atoms with E-state index in [1.807, 2.05) is 53.1 Å². The molecule has 0 fully saturated rings. The van der Waals surface area contributed by atoms with Gasteiger partial charge in [0.05, 0.1) is 30.1 Å². The number of aromatic nitrogens is 4. The molecule has 1 amide bonds. The van der Waals surface area contributed by atoms with Gasteiger partial charge in [-0.25, -0.2) is 4.39 Å². The van der Waals surface area contributed by atoms with Crippen LogP contribution < -0.4 is 5.32 Å². The Bertz CT molecular complexity index is 1150. The number of nitrogens with zero attached hydrogens (tertiary/aromatic N) is 4. The van der Waals surface area contributed by atoms with E-state index in [1.165, 1.54) is 17.8 Å². The number of carbonyl (C=O) groups is 1. The van der Waals surface area contributed by atoms with Crippen molar-refractivity contribution in [2.75, 3.05) is 5.75 Å². The molecular weight excluding hydrogens is 413 g/mol. The molecule has 6 nitrogen and oxygen atoms in total. The summed E-state index contributed by atoms with van der Waals surface area (Å²) in [5.74, 6) is 0.0846. The third-order valence-corrected chi connectivity index (χ3v) is 5.51. The highest BCUT2D eigenvalue weighted by molar-refractivity contribution is 7.99. The van der Waals surface area contributed by atoms with E-state index in [2.05, 4.69) is 20.5 Å². The molecule has 31 heavy (non-hydrogen) atoms. The van der Waals surface area contributed by atoms with E-state index in [4.69, 9.17) is 0 Å². The molecule has 4 aromatic rings. The Hall–Kier alpha value is -3.52. The van der Waals surface area contributed by atoms with Crippen molar-refractivity contribution in [2.24, 2.45) is 0 Å². The first-order valence-electron chi connectivity index (χ1n) is 9.72. The van der Waals surface area contributed by atoms with Crippen LogP contribution in [0.4, 0.5) is 4.39 Å². The van der Waals surface area contributed by atoms with Crippen LogP contribution in [0.2, 0.25) is 0 Å². The van der Waals surface area contributed by atoms with Crippen LogP contribution in [0.25, 0.3) is 11.4 Å². The summed E-state index contributed by atoms with van der Waals surface area (Å²) < 4.78 is 16.3. The molecule has 0 aliphatic rings. The number of halogens is 1. The molecule has 2 aromatic heterocycles. The number of pyridine rings is 1. The van der Waals surface area contributed by atoms with Gasteiger partial charge in [0.1, 0.15) is 5.82 Å². The molecule has 0 saturated heterocycles. The summed E-state index contributed by atoms with van der Waals surface area (Å²) in [6.07, 6.45) is 1.69. The Labute approximate surface area is 183 Å². The van der Waals surface area contributed by atoms with Crippen molar-refractivity contribution in [3.8, 4) is 11.4 Å². The lowest BCUT2D eigenvalue weighted by molar-refractivity contribution is -0.118. The smallest absolute Gasteiger partial charge is 0.230 e. The average Bonchev–Trinajstić information content (AvgIpc) is 3.20. The van der Waals surface area contributed by atoms with Crippen LogP contribution in [0.15, 0.2) is 84.1 Å². The second-order valence-corrected chi connectivity index (χ2v) is 7.69. The topological polar surface area (TPSA) is 72.7 Å². The Kier molecular flexibility index (Phi) is 6.68. The van der Waals surface area contributed by atoms with Gasteiger partial charge < -0.3 is 5.32 Å². The number of carbonyl (C=O) groups excluding carboxylic acids is 1. The van der Waals surface area contributed by atoms with Crippen LogP contribution in [0.1, 0.15) is 11.3 Å². The van der Waals surface area contributed by atoms with E-state index in [0.717, 1.165) is 11.3 Å². The quantitative estimate of drug-likeness (QED) is 0.426. The molecule has 0 atom stereocenters. The number of amides is 1. The van der Waals surface area contributed by atoms with E-state index < -0.39 is 0 Å². The van der Waals surface area contributed by atoms with Crippen molar-refractivity contribution in [2.45, 2.75) is 18.2 Å². The molecule has 0 radical (unpaired) electrons. The fourth-order valence-corrected chi connectivity index (χ4v) is 3.79. The first kappa shape index (κ1) is 20.7. The minimum atomic E-state index is -0.367. The predicted octanol–water partition coefficient (Wildman–Crippen LogP) is 3.94. The number of hydrogen-bond donors (Lipinski definition) is 1. The molecule has 0 aliphatic heterocycles. The first-order chi connectivity index (χ1) is 15.2. The fourth-order valence-electron chi connectivity index (χ4n) is 3.02. The summed E-state index contributed by atoms with van der Waals surface area (Å²) >= 11 is 1.27. The van der Waals surface area contributed by atoms with Crippen LogP contribution in [-0.4, -0.2) is 31.4 Å². The zero-order valence-corrected chi connectivity index (χ0v) is 17.4. The van der Waals surface area contributed by atoms with Gasteiger partial charge in [-0.05, 0) is 29.8 Å². The lowest BCUT2D eigenvalue weighted by Crippen LogP contribution is -2.25. The molecule has 0 aliphatic carbocycles. The van der Waals surface area contributed by atoms with Gasteiger partial charge in [0, 0.05) is 6.20 Å². The van der Waals surface area contributed by atoms with Crippen molar-refractivity contribution >= 4 is 17.7 Å². The van der Waals surface area contributed by atoms with E-state index in [0.29, 0.717) is 29.6 Å². The fraction of sp³-hybridized carbons (Fsp3) is 0.130. The Morgan fingerprint density at radius 1 is 0.968 bits per heavy atom. The number of nitrogens with one attached hydrogen (secondary N) is 1. The zero-order chi connectivity index (χ0) is 21.5. The second kappa shape index (κ2) is 9.99. The molecule has 1 N–H and O–H groups in total. The van der Waals surface area contributed by atoms with Gasteiger partial charge in [0.2, 0.25) is 5.91 Å². The molecular formula is C23H20FN5OS. The van der Waals surface area contributed by atoms with E-state index in [9.17, 15) is 9.18 Å². The summed E-state index contributed by atoms with van der Waals surface area (Å²) in [6.45, 7) is 0.826. The lowest BCUT2D eigenvalue weighted by atomic mass is 10.2. The minimum absolute atomic E-state index is 0.141. The van der Waals surface area contributed by atoms with Gasteiger partial charge in [-0.2, -0.15) is 0 Å². The monoisotopic (exact) mass is 433 g/mol. The molecule has 0 spiro atoms. The second-order valence-electron chi connectivity index (χ2n) is 6.74. The average molecular weight is 434 g/mol.